The van der Waals surface area contributed by atoms with Crippen LogP contribution in [0.3, 0.4) is 0 Å². The summed E-state index contributed by atoms with van der Waals surface area (Å²) in [6, 6.07) is 15.4. The molecule has 0 atom stereocenters. The van der Waals surface area contributed by atoms with E-state index in [1.54, 1.807) is 56.3 Å². The van der Waals surface area contributed by atoms with Gasteiger partial charge in [0.05, 0.1) is 12.2 Å². The number of hydrogen-bond acceptors (Lipinski definition) is 5. The number of nitrogens with one attached hydrogen (secondary N) is 2. The molecule has 1 heterocycles. The molecular formula is C22H19ClN2O4S. The van der Waals surface area contributed by atoms with Crippen LogP contribution in [0.15, 0.2) is 54.6 Å². The number of anilines is 2. The molecule has 0 aliphatic rings. The highest BCUT2D eigenvalue weighted by atomic mass is 35.5. The summed E-state index contributed by atoms with van der Waals surface area (Å²) in [5.74, 6) is -1.42. The Balaban J connectivity index is 1.97. The van der Waals surface area contributed by atoms with Crippen molar-refractivity contribution in [3.05, 3.63) is 81.2 Å². The Bertz CT molecular complexity index is 1100. The van der Waals surface area contributed by atoms with Crippen LogP contribution in [0.25, 0.3) is 0 Å². The summed E-state index contributed by atoms with van der Waals surface area (Å²) < 4.78 is 5.09. The van der Waals surface area contributed by atoms with Gasteiger partial charge in [-0.3, -0.25) is 9.59 Å². The zero-order chi connectivity index (χ0) is 21.7. The van der Waals surface area contributed by atoms with Gasteiger partial charge in [0, 0.05) is 16.3 Å². The molecule has 3 rings (SSSR count). The molecule has 2 aromatic carbocycles. The Morgan fingerprint density at radius 3 is 2.40 bits per heavy atom. The van der Waals surface area contributed by atoms with Crippen LogP contribution in [0.4, 0.5) is 10.7 Å². The van der Waals surface area contributed by atoms with E-state index in [0.717, 1.165) is 11.3 Å². The number of para-hydroxylation sites is 1. The lowest BCUT2D eigenvalue weighted by Gasteiger charge is -2.09. The molecule has 0 fully saturated rings. The van der Waals surface area contributed by atoms with Crippen molar-refractivity contribution in [2.45, 2.75) is 13.8 Å². The van der Waals surface area contributed by atoms with Gasteiger partial charge < -0.3 is 15.4 Å². The van der Waals surface area contributed by atoms with E-state index in [1.807, 2.05) is 6.07 Å². The van der Waals surface area contributed by atoms with Crippen LogP contribution in [-0.2, 0) is 4.74 Å². The number of ether oxygens (including phenoxy) is 1. The second-order valence-corrected chi connectivity index (χ2v) is 7.72. The molecule has 0 aliphatic carbocycles. The van der Waals surface area contributed by atoms with Crippen LogP contribution in [0, 0.1) is 6.92 Å². The van der Waals surface area contributed by atoms with Gasteiger partial charge in [0.25, 0.3) is 11.8 Å². The van der Waals surface area contributed by atoms with Crippen molar-refractivity contribution >= 4 is 51.4 Å². The smallest absolute Gasteiger partial charge is 0.348 e. The molecule has 0 bridgehead atoms. The average Bonchev–Trinajstić information content (AvgIpc) is 3.05. The molecule has 2 amide bonds. The van der Waals surface area contributed by atoms with Crippen LogP contribution in [0.2, 0.25) is 5.02 Å². The Labute approximate surface area is 182 Å². The molecule has 1 aromatic heterocycles. The maximum Gasteiger partial charge on any atom is 0.348 e. The molecule has 30 heavy (non-hydrogen) atoms. The number of hydrogen-bond donors (Lipinski definition) is 2. The summed E-state index contributed by atoms with van der Waals surface area (Å²) in [7, 11) is 0. The summed E-state index contributed by atoms with van der Waals surface area (Å²) in [4.78, 5) is 38.3. The van der Waals surface area contributed by atoms with Crippen molar-refractivity contribution in [1.82, 2.24) is 0 Å². The first kappa shape index (κ1) is 21.5. The number of carbonyl (C=O) groups excluding carboxylic acids is 3. The number of halogens is 1. The number of thiophene rings is 1. The molecule has 0 saturated carbocycles. The largest absolute Gasteiger partial charge is 0.462 e. The van der Waals surface area contributed by atoms with E-state index in [-0.39, 0.29) is 22.0 Å². The second-order valence-electron chi connectivity index (χ2n) is 6.27. The zero-order valence-corrected chi connectivity index (χ0v) is 17.9. The Morgan fingerprint density at radius 2 is 1.73 bits per heavy atom. The third-order valence-corrected chi connectivity index (χ3v) is 5.60. The monoisotopic (exact) mass is 442 g/mol. The minimum absolute atomic E-state index is 0.200. The van der Waals surface area contributed by atoms with Crippen molar-refractivity contribution in [3.63, 3.8) is 0 Å². The first-order valence-electron chi connectivity index (χ1n) is 9.14. The average molecular weight is 443 g/mol. The van der Waals surface area contributed by atoms with Crippen molar-refractivity contribution < 1.29 is 19.1 Å². The molecular weight excluding hydrogens is 424 g/mol. The summed E-state index contributed by atoms with van der Waals surface area (Å²) in [6.45, 7) is 3.55. The number of amides is 2. The second kappa shape index (κ2) is 9.56. The van der Waals surface area contributed by atoms with Gasteiger partial charge in [-0.25, -0.2) is 4.79 Å². The van der Waals surface area contributed by atoms with E-state index in [0.29, 0.717) is 21.8 Å². The standard InChI is InChI=1S/C22H19ClN2O4S/c1-3-29-22(28)18-13(2)17(20(27)24-16-10-5-4-6-11-16)21(30-18)25-19(26)14-8-7-9-15(23)12-14/h4-12H,3H2,1-2H3,(H,24,27)(H,25,26). The highest BCUT2D eigenvalue weighted by Crippen LogP contribution is 2.34. The van der Waals surface area contributed by atoms with Gasteiger partial charge in [-0.15, -0.1) is 11.3 Å². The molecule has 154 valence electrons. The zero-order valence-electron chi connectivity index (χ0n) is 16.3. The minimum atomic E-state index is -0.544. The fraction of sp³-hybridized carbons (Fsp3) is 0.136. The van der Waals surface area contributed by atoms with Crippen molar-refractivity contribution in [2.24, 2.45) is 0 Å². The van der Waals surface area contributed by atoms with Gasteiger partial charge >= 0.3 is 5.97 Å². The Kier molecular flexibility index (Phi) is 6.87. The van der Waals surface area contributed by atoms with Crippen LogP contribution in [0.5, 0.6) is 0 Å². The highest BCUT2D eigenvalue weighted by molar-refractivity contribution is 7.18. The lowest BCUT2D eigenvalue weighted by Crippen LogP contribution is -2.17. The molecule has 6 nitrogen and oxygen atoms in total. The normalized spacial score (nSPS) is 10.4. The Hall–Kier alpha value is -3.16. The number of benzene rings is 2. The maximum atomic E-state index is 13.0. The molecule has 0 aliphatic heterocycles. The van der Waals surface area contributed by atoms with Crippen LogP contribution in [-0.4, -0.2) is 24.4 Å². The number of carbonyl (C=O) groups is 3. The van der Waals surface area contributed by atoms with Crippen LogP contribution >= 0.6 is 22.9 Å². The number of esters is 1. The van der Waals surface area contributed by atoms with Crippen molar-refractivity contribution in [2.75, 3.05) is 17.2 Å². The van der Waals surface area contributed by atoms with E-state index < -0.39 is 17.8 Å². The fourth-order valence-corrected chi connectivity index (χ4v) is 4.07. The minimum Gasteiger partial charge on any atom is -0.462 e. The quantitative estimate of drug-likeness (QED) is 0.501. The molecule has 0 spiro atoms. The van der Waals surface area contributed by atoms with Crippen LogP contribution < -0.4 is 10.6 Å². The molecule has 0 saturated heterocycles. The highest BCUT2D eigenvalue weighted by Gasteiger charge is 2.26. The van der Waals surface area contributed by atoms with E-state index >= 15 is 0 Å². The number of rotatable bonds is 6. The lowest BCUT2D eigenvalue weighted by atomic mass is 10.1. The van der Waals surface area contributed by atoms with Crippen molar-refractivity contribution in [1.29, 1.82) is 0 Å². The summed E-state index contributed by atoms with van der Waals surface area (Å²) >= 11 is 6.97. The van der Waals surface area contributed by atoms with Gasteiger partial charge in [-0.05, 0) is 49.7 Å². The molecule has 2 N–H and O–H groups in total. The first-order chi connectivity index (χ1) is 14.4. The van der Waals surface area contributed by atoms with Gasteiger partial charge in [0.1, 0.15) is 9.88 Å². The van der Waals surface area contributed by atoms with Gasteiger partial charge in [-0.1, -0.05) is 35.9 Å². The topological polar surface area (TPSA) is 84.5 Å². The first-order valence-corrected chi connectivity index (χ1v) is 10.3. The molecule has 3 aromatic rings. The predicted octanol–water partition coefficient (Wildman–Crippen LogP) is 5.39. The van der Waals surface area contributed by atoms with E-state index in [9.17, 15) is 14.4 Å². The van der Waals surface area contributed by atoms with E-state index in [1.165, 1.54) is 6.07 Å². The summed E-state index contributed by atoms with van der Waals surface area (Å²) in [5, 5.41) is 6.19. The third-order valence-electron chi connectivity index (χ3n) is 4.18. The molecule has 0 unspecified atom stereocenters. The summed E-state index contributed by atoms with van der Waals surface area (Å²) in [5.41, 5.74) is 1.58. The van der Waals surface area contributed by atoms with Gasteiger partial charge in [0.15, 0.2) is 0 Å². The Morgan fingerprint density at radius 1 is 1.00 bits per heavy atom. The van der Waals surface area contributed by atoms with E-state index in [4.69, 9.17) is 16.3 Å². The van der Waals surface area contributed by atoms with Crippen molar-refractivity contribution in [3.8, 4) is 0 Å². The third kappa shape index (κ3) is 4.87. The van der Waals surface area contributed by atoms with Gasteiger partial charge in [0.2, 0.25) is 0 Å². The summed E-state index contributed by atoms with van der Waals surface area (Å²) in [6.07, 6.45) is 0. The van der Waals surface area contributed by atoms with Gasteiger partial charge in [-0.2, -0.15) is 0 Å². The predicted molar refractivity (Wildman–Crippen MR) is 119 cm³/mol. The van der Waals surface area contributed by atoms with Crippen LogP contribution in [0.1, 0.15) is 42.9 Å². The maximum absolute atomic E-state index is 13.0. The molecule has 0 radical (unpaired) electrons. The van der Waals surface area contributed by atoms with E-state index in [2.05, 4.69) is 10.6 Å². The lowest BCUT2D eigenvalue weighted by molar-refractivity contribution is 0.0531. The fourth-order valence-electron chi connectivity index (χ4n) is 2.79. The SMILES string of the molecule is CCOC(=O)c1sc(NC(=O)c2cccc(Cl)c2)c(C(=O)Nc2ccccc2)c1C. The molecule has 8 heteroatoms.